The Kier molecular flexibility index (Phi) is 5.80. The van der Waals surface area contributed by atoms with Crippen molar-refractivity contribution in [1.82, 2.24) is 10.4 Å². The van der Waals surface area contributed by atoms with E-state index in [9.17, 15) is 9.59 Å². The van der Waals surface area contributed by atoms with Crippen molar-refractivity contribution in [2.24, 2.45) is 5.10 Å². The highest BCUT2D eigenvalue weighted by molar-refractivity contribution is 6.07. The molecule has 1 N–H and O–H groups in total. The van der Waals surface area contributed by atoms with E-state index in [2.05, 4.69) is 20.2 Å². The van der Waals surface area contributed by atoms with Gasteiger partial charge in [0.05, 0.1) is 35.7 Å². The number of pyridine rings is 1. The van der Waals surface area contributed by atoms with Crippen LogP contribution >= 0.6 is 0 Å². The number of ether oxygens (including phenoxy) is 1. The number of para-hydroxylation sites is 1. The van der Waals surface area contributed by atoms with Crippen molar-refractivity contribution >= 4 is 29.0 Å². The van der Waals surface area contributed by atoms with E-state index >= 15 is 0 Å². The quantitative estimate of drug-likeness (QED) is 0.300. The number of esters is 1. The van der Waals surface area contributed by atoms with Gasteiger partial charge in [-0.25, -0.2) is 15.2 Å². The number of hydrazone groups is 1. The molecular formula is C25H19N3O3. The van der Waals surface area contributed by atoms with E-state index in [-0.39, 0.29) is 5.91 Å². The standard InChI is InChI=1S/C25H19N3O3/c1-31-25(30)19-13-11-17(12-14-19)16-26-28-24(29)21-15-23(18-7-3-2-4-8-18)27-22-10-6-5-9-20(21)22/h2-16H,1H3,(H,28,29)/b26-16-. The molecule has 6 nitrogen and oxygen atoms in total. The zero-order valence-electron chi connectivity index (χ0n) is 16.8. The van der Waals surface area contributed by atoms with E-state index in [1.54, 1.807) is 30.3 Å². The molecule has 1 heterocycles. The maximum atomic E-state index is 12.9. The zero-order chi connectivity index (χ0) is 21.6. The highest BCUT2D eigenvalue weighted by Crippen LogP contribution is 2.24. The largest absolute Gasteiger partial charge is 0.465 e. The number of rotatable bonds is 5. The number of carbonyl (C=O) groups is 2. The third kappa shape index (κ3) is 4.48. The Morgan fingerprint density at radius 2 is 1.65 bits per heavy atom. The molecule has 0 aliphatic rings. The van der Waals surface area contributed by atoms with Gasteiger partial charge in [0, 0.05) is 10.9 Å². The maximum Gasteiger partial charge on any atom is 0.337 e. The number of carbonyl (C=O) groups excluding carboxylic acids is 2. The summed E-state index contributed by atoms with van der Waals surface area (Å²) < 4.78 is 4.68. The van der Waals surface area contributed by atoms with Crippen LogP contribution in [0.5, 0.6) is 0 Å². The summed E-state index contributed by atoms with van der Waals surface area (Å²) in [5.74, 6) is -0.742. The number of hydrogen-bond acceptors (Lipinski definition) is 5. The number of hydrogen-bond donors (Lipinski definition) is 1. The molecule has 0 saturated carbocycles. The van der Waals surface area contributed by atoms with E-state index in [4.69, 9.17) is 0 Å². The van der Waals surface area contributed by atoms with Gasteiger partial charge in [-0.05, 0) is 29.8 Å². The molecule has 0 atom stereocenters. The summed E-state index contributed by atoms with van der Waals surface area (Å²) in [4.78, 5) is 29.1. The molecule has 0 aliphatic heterocycles. The second kappa shape index (κ2) is 9.00. The molecule has 31 heavy (non-hydrogen) atoms. The first-order valence-electron chi connectivity index (χ1n) is 9.63. The van der Waals surface area contributed by atoms with Crippen LogP contribution in [0.25, 0.3) is 22.2 Å². The number of methoxy groups -OCH3 is 1. The van der Waals surface area contributed by atoms with Crippen LogP contribution in [0, 0.1) is 0 Å². The first-order valence-corrected chi connectivity index (χ1v) is 9.63. The van der Waals surface area contributed by atoms with Crippen LogP contribution in [0.3, 0.4) is 0 Å². The number of nitrogens with one attached hydrogen (secondary N) is 1. The van der Waals surface area contributed by atoms with E-state index in [0.717, 1.165) is 22.0 Å². The molecule has 4 aromatic rings. The smallest absolute Gasteiger partial charge is 0.337 e. The highest BCUT2D eigenvalue weighted by atomic mass is 16.5. The van der Waals surface area contributed by atoms with Crippen molar-refractivity contribution in [3.8, 4) is 11.3 Å². The van der Waals surface area contributed by atoms with Gasteiger partial charge in [0.2, 0.25) is 0 Å². The van der Waals surface area contributed by atoms with Crippen LogP contribution in [0.1, 0.15) is 26.3 Å². The Morgan fingerprint density at radius 3 is 2.39 bits per heavy atom. The summed E-state index contributed by atoms with van der Waals surface area (Å²) in [6, 6.07) is 25.7. The van der Waals surface area contributed by atoms with Gasteiger partial charge in [0.1, 0.15) is 0 Å². The number of aromatic nitrogens is 1. The molecule has 0 spiro atoms. The molecule has 0 fully saturated rings. The Bertz CT molecular complexity index is 1270. The fraction of sp³-hybridized carbons (Fsp3) is 0.0400. The van der Waals surface area contributed by atoms with Crippen LogP contribution in [0.2, 0.25) is 0 Å². The summed E-state index contributed by atoms with van der Waals surface area (Å²) in [7, 11) is 1.33. The first-order chi connectivity index (χ1) is 15.2. The number of nitrogens with zero attached hydrogens (tertiary/aromatic N) is 2. The Morgan fingerprint density at radius 1 is 0.935 bits per heavy atom. The van der Waals surface area contributed by atoms with Gasteiger partial charge in [0.25, 0.3) is 5.91 Å². The Balaban J connectivity index is 1.58. The van der Waals surface area contributed by atoms with Crippen LogP contribution in [-0.4, -0.2) is 30.2 Å². The molecule has 0 bridgehead atoms. The Hall–Kier alpha value is -4.32. The number of amides is 1. The van der Waals surface area contributed by atoms with Crippen LogP contribution < -0.4 is 5.43 Å². The van der Waals surface area contributed by atoms with Gasteiger partial charge >= 0.3 is 5.97 Å². The lowest BCUT2D eigenvalue weighted by Gasteiger charge is -2.09. The van der Waals surface area contributed by atoms with E-state index in [0.29, 0.717) is 16.8 Å². The monoisotopic (exact) mass is 409 g/mol. The normalized spacial score (nSPS) is 10.9. The molecule has 6 heteroatoms. The van der Waals surface area contributed by atoms with Crippen molar-refractivity contribution in [2.75, 3.05) is 7.11 Å². The average Bonchev–Trinajstić information content (AvgIpc) is 2.83. The van der Waals surface area contributed by atoms with E-state index in [1.165, 1.54) is 13.3 Å². The van der Waals surface area contributed by atoms with Crippen molar-refractivity contribution in [2.45, 2.75) is 0 Å². The molecule has 0 radical (unpaired) electrons. The minimum absolute atomic E-state index is 0.335. The summed E-state index contributed by atoms with van der Waals surface area (Å²) in [5.41, 5.74) is 6.62. The van der Waals surface area contributed by atoms with Crippen molar-refractivity contribution in [3.05, 3.63) is 102 Å². The molecule has 1 aromatic heterocycles. The second-order valence-corrected chi connectivity index (χ2v) is 6.75. The van der Waals surface area contributed by atoms with Gasteiger partial charge < -0.3 is 4.74 Å². The third-order valence-electron chi connectivity index (χ3n) is 4.74. The SMILES string of the molecule is COC(=O)c1ccc(/C=N\NC(=O)c2cc(-c3ccccc3)nc3ccccc23)cc1. The van der Waals surface area contributed by atoms with Gasteiger partial charge in [-0.3, -0.25) is 4.79 Å². The molecule has 152 valence electrons. The van der Waals surface area contributed by atoms with Crippen molar-refractivity contribution < 1.29 is 14.3 Å². The lowest BCUT2D eigenvalue weighted by molar-refractivity contribution is 0.0600. The van der Waals surface area contributed by atoms with E-state index in [1.807, 2.05) is 54.6 Å². The minimum Gasteiger partial charge on any atom is -0.465 e. The van der Waals surface area contributed by atoms with Crippen LogP contribution in [0.15, 0.2) is 90.0 Å². The number of fused-ring (bicyclic) bond motifs is 1. The Labute approximate surface area is 179 Å². The summed E-state index contributed by atoms with van der Waals surface area (Å²) >= 11 is 0. The maximum absolute atomic E-state index is 12.9. The van der Waals surface area contributed by atoms with Gasteiger partial charge in [-0.15, -0.1) is 0 Å². The molecule has 4 rings (SSSR count). The number of benzene rings is 3. The molecule has 0 aliphatic carbocycles. The predicted octanol–water partition coefficient (Wildman–Crippen LogP) is 4.45. The first kappa shape index (κ1) is 20.0. The minimum atomic E-state index is -0.407. The highest BCUT2D eigenvalue weighted by Gasteiger charge is 2.13. The second-order valence-electron chi connectivity index (χ2n) is 6.75. The fourth-order valence-corrected chi connectivity index (χ4v) is 3.17. The summed E-state index contributed by atoms with van der Waals surface area (Å²) in [6.45, 7) is 0. The molecule has 1 amide bonds. The average molecular weight is 409 g/mol. The summed E-state index contributed by atoms with van der Waals surface area (Å²) in [6.07, 6.45) is 1.51. The lowest BCUT2D eigenvalue weighted by atomic mass is 10.0. The van der Waals surface area contributed by atoms with Crippen LogP contribution in [-0.2, 0) is 4.74 Å². The topological polar surface area (TPSA) is 80.6 Å². The van der Waals surface area contributed by atoms with Gasteiger partial charge in [0.15, 0.2) is 0 Å². The predicted molar refractivity (Wildman–Crippen MR) is 120 cm³/mol. The van der Waals surface area contributed by atoms with Gasteiger partial charge in [-0.2, -0.15) is 5.10 Å². The third-order valence-corrected chi connectivity index (χ3v) is 4.74. The molecule has 0 saturated heterocycles. The molecule has 3 aromatic carbocycles. The van der Waals surface area contributed by atoms with Crippen molar-refractivity contribution in [1.29, 1.82) is 0 Å². The zero-order valence-corrected chi connectivity index (χ0v) is 16.8. The van der Waals surface area contributed by atoms with E-state index < -0.39 is 5.97 Å². The van der Waals surface area contributed by atoms with Crippen LogP contribution in [0.4, 0.5) is 0 Å². The molecular weight excluding hydrogens is 390 g/mol. The van der Waals surface area contributed by atoms with Crippen molar-refractivity contribution in [3.63, 3.8) is 0 Å². The molecule has 0 unspecified atom stereocenters. The summed E-state index contributed by atoms with van der Waals surface area (Å²) in [5, 5.41) is 4.81. The fourth-order valence-electron chi connectivity index (χ4n) is 3.17. The lowest BCUT2D eigenvalue weighted by Crippen LogP contribution is -2.18. The van der Waals surface area contributed by atoms with Gasteiger partial charge in [-0.1, -0.05) is 60.7 Å².